The van der Waals surface area contributed by atoms with Crippen LogP contribution in [0.4, 0.5) is 0 Å². The van der Waals surface area contributed by atoms with Crippen LogP contribution in [0.25, 0.3) is 0 Å². The molecular weight excluding hydrogens is 1100 g/mol. The zero-order chi connectivity index (χ0) is 56.4. The molecule has 2 aromatic carbocycles. The first kappa shape index (κ1) is 63.4. The van der Waals surface area contributed by atoms with E-state index in [1.807, 2.05) is 6.07 Å². The Bertz CT molecular complexity index is 2380. The van der Waals surface area contributed by atoms with Crippen LogP contribution < -0.4 is 24.8 Å². The summed E-state index contributed by atoms with van der Waals surface area (Å²) in [7, 11) is 0. The molecule has 1 aliphatic rings. The third kappa shape index (κ3) is 22.1. The molecule has 0 bridgehead atoms. The van der Waals surface area contributed by atoms with Crippen LogP contribution in [0.15, 0.2) is 48.5 Å². The van der Waals surface area contributed by atoms with Gasteiger partial charge in [-0.15, -0.1) is 5.06 Å². The quantitative estimate of drug-likeness (QED) is 0.0274. The van der Waals surface area contributed by atoms with Crippen LogP contribution in [-0.4, -0.2) is 158 Å². The number of nitrogens with zero attached hydrogens (tertiary/aromatic N) is 2. The van der Waals surface area contributed by atoms with Crippen molar-refractivity contribution >= 4 is 93.2 Å². The van der Waals surface area contributed by atoms with Gasteiger partial charge in [0.25, 0.3) is 17.7 Å². The summed E-state index contributed by atoms with van der Waals surface area (Å²) < 4.78 is 5.09. The van der Waals surface area contributed by atoms with Gasteiger partial charge in [0.2, 0.25) is 11.8 Å². The van der Waals surface area contributed by atoms with Gasteiger partial charge >= 0.3 is 225 Å². The third-order valence-electron chi connectivity index (χ3n) is 12.7. The van der Waals surface area contributed by atoms with E-state index in [0.29, 0.717) is 17.0 Å². The van der Waals surface area contributed by atoms with Gasteiger partial charge in [0.1, 0.15) is 0 Å². The van der Waals surface area contributed by atoms with Crippen LogP contribution in [-0.2, 0) is 48.0 Å². The predicted octanol–water partition coefficient (Wildman–Crippen LogP) is 3.75. The summed E-state index contributed by atoms with van der Waals surface area (Å²) in [6.07, 6.45) is 2.47. The maximum absolute atomic E-state index is 13.5. The number of hydrogen-bond acceptors (Lipinski definition) is 13. The van der Waals surface area contributed by atoms with Gasteiger partial charge in [-0.2, -0.15) is 0 Å². The molecule has 23 nitrogen and oxygen atoms in total. The average Bonchev–Trinajstić information content (AvgIpc) is 3.67. The Morgan fingerprint density at radius 1 is 0.579 bits per heavy atom. The van der Waals surface area contributed by atoms with Crippen LogP contribution in [0, 0.1) is 0 Å². The van der Waals surface area contributed by atoms with Gasteiger partial charge in [-0.1, -0.05) is 6.07 Å². The van der Waals surface area contributed by atoms with Crippen LogP contribution in [0.5, 0.6) is 0 Å². The second-order valence-electron chi connectivity index (χ2n) is 19.0. The first-order valence-electron chi connectivity index (χ1n) is 25.7. The fourth-order valence-electron chi connectivity index (χ4n) is 8.90. The summed E-state index contributed by atoms with van der Waals surface area (Å²) >= 11 is -2.82. The molecule has 0 radical (unpaired) electrons. The van der Waals surface area contributed by atoms with Crippen molar-refractivity contribution in [3.63, 3.8) is 0 Å². The van der Waals surface area contributed by atoms with Gasteiger partial charge in [-0.05, 0) is 18.2 Å². The molecule has 24 heteroatoms. The number of carbonyl (C=O) groups is 12. The summed E-state index contributed by atoms with van der Waals surface area (Å²) in [6, 6.07) is 8.44. The van der Waals surface area contributed by atoms with Crippen molar-refractivity contribution in [3.8, 4) is 0 Å². The number of nitrogens with one attached hydrogen (secondary N) is 4. The molecular formula is C52H72N6O17Sn. The minimum absolute atomic E-state index is 0.0875. The molecule has 2 aromatic rings. The Labute approximate surface area is 445 Å². The predicted molar refractivity (Wildman–Crippen MR) is 275 cm³/mol. The molecule has 1 fully saturated rings. The zero-order valence-electron chi connectivity index (χ0n) is 43.4. The van der Waals surface area contributed by atoms with Crippen LogP contribution in [0.2, 0.25) is 13.3 Å². The fourth-order valence-corrected chi connectivity index (χ4v) is 24.9. The number of amides is 7. The molecule has 1 saturated heterocycles. The topological polar surface area (TPSA) is 350 Å². The van der Waals surface area contributed by atoms with E-state index in [9.17, 15) is 78.0 Å². The van der Waals surface area contributed by atoms with E-state index in [1.165, 1.54) is 54.4 Å². The van der Waals surface area contributed by atoms with E-state index in [2.05, 4.69) is 54.2 Å². The standard InChI is InChI=1S/C40H45N6O17.3C4H9.Sn/c47-29(43-28(21-36(56)57)18-33(51)45(22-37(58)59)14-5-4-13-41-38(60)23-7-2-1-3-8-23)16-26(19-34(52)53)42-30(48)17-27(20-35(54)55)44-39(61)24-9-6-10-25(15-24)40(62)63-46-31(49)11-12-32(46)50;3*1-3-4-2;/h1-2,6-10,15,26-28H,4-5,11-14,16-22H2,(H,41,60)(H,42,48)(H,43,47)(H,44,61)(H,52,53)(H,54,55)(H,56,57)(H,58,59);3*1,3-4H2,2H3;/t26-,27-,28-;;;;/m1..../s1. The number of unbranched alkanes of at least 4 members (excludes halogenated alkanes) is 4. The Morgan fingerprint density at radius 2 is 1.05 bits per heavy atom. The van der Waals surface area contributed by atoms with Crippen molar-refractivity contribution in [1.29, 1.82) is 0 Å². The number of benzene rings is 2. The number of hydrogen-bond donors (Lipinski definition) is 8. The minimum atomic E-state index is -2.82. The number of carboxylic acids is 4. The Kier molecular flexibility index (Phi) is 27.1. The van der Waals surface area contributed by atoms with Gasteiger partial charge in [0.15, 0.2) is 0 Å². The molecule has 76 heavy (non-hydrogen) atoms. The molecule has 1 heterocycles. The molecule has 3 rings (SSSR count). The third-order valence-corrected chi connectivity index (χ3v) is 28.3. The molecule has 8 N–H and O–H groups in total. The number of rotatable bonds is 36. The molecule has 0 unspecified atom stereocenters. The van der Waals surface area contributed by atoms with Crippen LogP contribution in [0.3, 0.4) is 0 Å². The zero-order valence-corrected chi connectivity index (χ0v) is 46.3. The molecule has 1 aliphatic heterocycles. The normalized spacial score (nSPS) is 13.4. The molecule has 3 atom stereocenters. The molecule has 0 saturated carbocycles. The molecule has 416 valence electrons. The van der Waals surface area contributed by atoms with Crippen molar-refractivity contribution in [2.24, 2.45) is 0 Å². The first-order chi connectivity index (χ1) is 36.1. The summed E-state index contributed by atoms with van der Waals surface area (Å²) in [5, 5.41) is 48.6. The monoisotopic (exact) mass is 1170 g/mol. The summed E-state index contributed by atoms with van der Waals surface area (Å²) in [4.78, 5) is 156. The van der Waals surface area contributed by atoms with Crippen molar-refractivity contribution in [2.75, 3.05) is 19.6 Å². The van der Waals surface area contributed by atoms with Gasteiger partial charge < -0.3 is 41.2 Å². The van der Waals surface area contributed by atoms with Gasteiger partial charge in [-0.25, -0.2) is 4.79 Å². The number of carbonyl (C=O) groups excluding carboxylic acids is 8. The molecule has 0 aromatic heterocycles. The average molecular weight is 1170 g/mol. The van der Waals surface area contributed by atoms with Crippen molar-refractivity contribution in [1.82, 2.24) is 31.2 Å². The van der Waals surface area contributed by atoms with Crippen LogP contribution >= 0.6 is 0 Å². The van der Waals surface area contributed by atoms with Crippen molar-refractivity contribution < 1.29 is 82.8 Å². The van der Waals surface area contributed by atoms with E-state index in [1.54, 1.807) is 6.07 Å². The Balaban J connectivity index is 1.62. The van der Waals surface area contributed by atoms with Gasteiger partial charge in [-0.3, -0.25) is 43.2 Å². The Morgan fingerprint density at radius 3 is 1.55 bits per heavy atom. The summed E-state index contributed by atoms with van der Waals surface area (Å²) in [6.45, 7) is 5.99. The first-order valence-corrected chi connectivity index (χ1v) is 33.2. The number of hydroxylamine groups is 2. The SMILES string of the molecule is CCC[CH2][Sn]([CH2]CCC)([CH2]CCC)[c]1cccc(C(=O)NCCCCN(CC(=O)O)C(=O)C[C@H](CC(=O)O)NC(=O)C[C@H](CC(=O)O)NC(=O)C[C@H](CC(=O)O)NC(=O)c2cccc(C(=O)ON3C(=O)CCC3=O)c2)c1. The van der Waals surface area contributed by atoms with E-state index >= 15 is 0 Å². The van der Waals surface area contributed by atoms with Gasteiger partial charge in [0.05, 0.1) is 24.8 Å². The van der Waals surface area contributed by atoms with Crippen LogP contribution in [0.1, 0.15) is 155 Å². The molecule has 0 spiro atoms. The summed E-state index contributed by atoms with van der Waals surface area (Å²) in [5.41, 5.74) is 0.100. The van der Waals surface area contributed by atoms with E-state index in [-0.39, 0.29) is 49.4 Å². The number of imide groups is 1. The van der Waals surface area contributed by atoms with E-state index in [0.717, 1.165) is 30.2 Å². The molecule has 7 amide bonds. The second-order valence-corrected chi connectivity index (χ2v) is 32.2. The number of aliphatic carboxylic acids is 4. The Hall–Kier alpha value is -6.92. The molecule has 0 aliphatic carbocycles. The van der Waals surface area contributed by atoms with Crippen molar-refractivity contribution in [2.45, 2.75) is 155 Å². The van der Waals surface area contributed by atoms with Gasteiger partial charge in [0, 0.05) is 49.4 Å². The fraction of sp³-hybridized carbons (Fsp3) is 0.538. The van der Waals surface area contributed by atoms with E-state index in [4.69, 9.17) is 4.84 Å². The summed E-state index contributed by atoms with van der Waals surface area (Å²) in [5.74, 6) is -12.4. The second kappa shape index (κ2) is 32.5. The van der Waals surface area contributed by atoms with E-state index < -0.39 is 147 Å². The van der Waals surface area contributed by atoms with Crippen molar-refractivity contribution in [3.05, 3.63) is 65.2 Å². The maximum atomic E-state index is 13.5. The number of carboxylic acid groups (broad SMARTS) is 4.